The van der Waals surface area contributed by atoms with Crippen molar-refractivity contribution < 1.29 is 0 Å². The topological polar surface area (TPSA) is 30.2 Å². The summed E-state index contributed by atoms with van der Waals surface area (Å²) in [6.45, 7) is 11.0. The monoisotopic (exact) mass is 481 g/mol. The second kappa shape index (κ2) is 9.01. The first-order valence-corrected chi connectivity index (χ1v) is 13.0. The Morgan fingerprint density at radius 3 is 2.49 bits per heavy atom. The molecule has 0 saturated carbocycles. The van der Waals surface area contributed by atoms with E-state index in [9.17, 15) is 0 Å². The molecule has 3 nitrogen and oxygen atoms in total. The predicted octanol–water partition coefficient (Wildman–Crippen LogP) is 8.72. The minimum atomic E-state index is 0.375. The third kappa shape index (κ3) is 4.01. The van der Waals surface area contributed by atoms with E-state index in [1.807, 2.05) is 6.20 Å². The van der Waals surface area contributed by atoms with E-state index >= 15 is 0 Å². The molecular formula is C34H31N3. The Morgan fingerprint density at radius 1 is 0.811 bits per heavy atom. The predicted molar refractivity (Wildman–Crippen MR) is 156 cm³/mol. The fraction of sp³-hybridized carbons (Fsp3) is 0.176. The minimum Gasteiger partial charge on any atom is -0.256 e. The average molecular weight is 482 g/mol. The molecule has 0 amide bonds. The average Bonchev–Trinajstić information content (AvgIpc) is 3.23. The Kier molecular flexibility index (Phi) is 5.64. The summed E-state index contributed by atoms with van der Waals surface area (Å²) in [7, 11) is 0. The highest BCUT2D eigenvalue weighted by Crippen LogP contribution is 2.34. The Morgan fingerprint density at radius 2 is 1.65 bits per heavy atom. The lowest BCUT2D eigenvalue weighted by Crippen LogP contribution is -1.97. The van der Waals surface area contributed by atoms with Gasteiger partial charge in [0.1, 0.15) is 0 Å². The summed E-state index contributed by atoms with van der Waals surface area (Å²) in [5.74, 6) is 0.375. The van der Waals surface area contributed by atoms with Gasteiger partial charge in [0.25, 0.3) is 0 Å². The highest BCUT2D eigenvalue weighted by molar-refractivity contribution is 5.95. The molecule has 0 saturated heterocycles. The molecule has 0 N–H and O–H groups in total. The van der Waals surface area contributed by atoms with Crippen LogP contribution in [0.15, 0.2) is 91.1 Å². The number of aromatic nitrogens is 3. The number of pyridine rings is 2. The summed E-state index contributed by atoms with van der Waals surface area (Å²) in [5, 5.41) is 8.84. The Balaban J connectivity index is 1.56. The van der Waals surface area contributed by atoms with E-state index in [-0.39, 0.29) is 0 Å². The summed E-state index contributed by atoms with van der Waals surface area (Å²) >= 11 is 0. The molecule has 3 heterocycles. The molecule has 6 aromatic rings. The van der Waals surface area contributed by atoms with Crippen molar-refractivity contribution in [3.8, 4) is 11.3 Å². The van der Waals surface area contributed by atoms with Crippen LogP contribution in [-0.4, -0.2) is 14.6 Å². The zero-order chi connectivity index (χ0) is 25.7. The van der Waals surface area contributed by atoms with Crippen molar-refractivity contribution in [2.45, 2.75) is 34.6 Å². The summed E-state index contributed by atoms with van der Waals surface area (Å²) in [6, 6.07) is 28.2. The van der Waals surface area contributed by atoms with Crippen molar-refractivity contribution in [2.75, 3.05) is 0 Å². The molecule has 182 valence electrons. The fourth-order valence-electron chi connectivity index (χ4n) is 5.38. The zero-order valence-corrected chi connectivity index (χ0v) is 22.1. The maximum atomic E-state index is 5.23. The van der Waals surface area contributed by atoms with Gasteiger partial charge in [0.15, 0.2) is 0 Å². The number of benzene rings is 3. The van der Waals surface area contributed by atoms with Gasteiger partial charge in [0.05, 0.1) is 22.4 Å². The van der Waals surface area contributed by atoms with Crippen molar-refractivity contribution in [2.24, 2.45) is 5.92 Å². The lowest BCUT2D eigenvalue weighted by atomic mass is 9.93. The highest BCUT2D eigenvalue weighted by Gasteiger charge is 2.18. The van der Waals surface area contributed by atoms with Crippen molar-refractivity contribution in [1.29, 1.82) is 0 Å². The quantitative estimate of drug-likeness (QED) is 0.252. The summed E-state index contributed by atoms with van der Waals surface area (Å²) < 4.78 is 2.12. The zero-order valence-electron chi connectivity index (χ0n) is 22.1. The van der Waals surface area contributed by atoms with Gasteiger partial charge >= 0.3 is 0 Å². The summed E-state index contributed by atoms with van der Waals surface area (Å²) in [6.07, 6.45) is 4.24. The summed E-state index contributed by atoms with van der Waals surface area (Å²) in [5.41, 5.74) is 11.5. The molecule has 6 rings (SSSR count). The molecule has 0 fully saturated rings. The van der Waals surface area contributed by atoms with Gasteiger partial charge in [-0.25, -0.2) is 4.52 Å². The van der Waals surface area contributed by atoms with Crippen LogP contribution < -0.4 is 0 Å². The molecule has 0 aliphatic rings. The number of hydrogen-bond donors (Lipinski definition) is 0. The van der Waals surface area contributed by atoms with Crippen LogP contribution in [0.25, 0.3) is 44.0 Å². The van der Waals surface area contributed by atoms with Gasteiger partial charge in [-0.15, -0.1) is 0 Å². The van der Waals surface area contributed by atoms with Gasteiger partial charge in [-0.3, -0.25) is 4.98 Å². The van der Waals surface area contributed by atoms with Gasteiger partial charge in [0.2, 0.25) is 0 Å². The van der Waals surface area contributed by atoms with Crippen molar-refractivity contribution >= 4 is 32.8 Å². The standard InChI is InChI=1S/C34H31N3/c1-21(2)17-30(26-10-8-11-27(20-26)34-28-12-7-6-9-25(28)15-16-35-34)33-24(5)32-19-23(4)29-18-22(3)13-14-31(29)37(32)36-33/h6-21H,1-5H3. The highest BCUT2D eigenvalue weighted by atomic mass is 15.2. The van der Waals surface area contributed by atoms with E-state index in [1.165, 1.54) is 27.5 Å². The first-order valence-electron chi connectivity index (χ1n) is 13.0. The Bertz CT molecular complexity index is 1830. The van der Waals surface area contributed by atoms with E-state index in [4.69, 9.17) is 10.1 Å². The Hall–Kier alpha value is -4.24. The molecule has 3 aromatic carbocycles. The lowest BCUT2D eigenvalue weighted by molar-refractivity contribution is 0.832. The molecule has 0 spiro atoms. The molecule has 0 bridgehead atoms. The number of rotatable bonds is 4. The van der Waals surface area contributed by atoms with Crippen LogP contribution in [0.1, 0.15) is 41.8 Å². The number of fused-ring (bicyclic) bond motifs is 4. The fourth-order valence-corrected chi connectivity index (χ4v) is 5.38. The third-order valence-corrected chi connectivity index (χ3v) is 7.20. The molecule has 0 aliphatic heterocycles. The molecule has 0 atom stereocenters. The van der Waals surface area contributed by atoms with E-state index in [1.54, 1.807) is 0 Å². The molecule has 37 heavy (non-hydrogen) atoms. The first kappa shape index (κ1) is 23.2. The van der Waals surface area contributed by atoms with E-state index in [0.29, 0.717) is 5.92 Å². The molecular weight excluding hydrogens is 450 g/mol. The van der Waals surface area contributed by atoms with Gasteiger partial charge in [-0.05, 0) is 73.5 Å². The van der Waals surface area contributed by atoms with Crippen molar-refractivity contribution in [3.05, 3.63) is 119 Å². The smallest absolute Gasteiger partial charge is 0.0966 e. The number of allylic oxidation sites excluding steroid dienone is 1. The number of aryl methyl sites for hydroxylation is 3. The van der Waals surface area contributed by atoms with Crippen molar-refractivity contribution in [1.82, 2.24) is 14.6 Å². The second-order valence-electron chi connectivity index (χ2n) is 10.4. The van der Waals surface area contributed by atoms with Gasteiger partial charge in [-0.1, -0.05) is 74.0 Å². The first-order chi connectivity index (χ1) is 17.9. The minimum absolute atomic E-state index is 0.375. The van der Waals surface area contributed by atoms with Crippen LogP contribution in [0.5, 0.6) is 0 Å². The molecule has 3 aromatic heterocycles. The number of nitrogens with zero attached hydrogens (tertiary/aromatic N) is 3. The molecule has 0 unspecified atom stereocenters. The third-order valence-electron chi connectivity index (χ3n) is 7.20. The van der Waals surface area contributed by atoms with Crippen LogP contribution in [0.4, 0.5) is 0 Å². The van der Waals surface area contributed by atoms with Gasteiger partial charge < -0.3 is 0 Å². The van der Waals surface area contributed by atoms with Crippen LogP contribution in [0, 0.1) is 26.7 Å². The normalized spacial score (nSPS) is 12.3. The maximum Gasteiger partial charge on any atom is 0.0966 e. The van der Waals surface area contributed by atoms with Crippen molar-refractivity contribution in [3.63, 3.8) is 0 Å². The lowest BCUT2D eigenvalue weighted by Gasteiger charge is -2.12. The molecule has 3 heteroatoms. The van der Waals surface area contributed by atoms with Crippen LogP contribution in [0.2, 0.25) is 0 Å². The van der Waals surface area contributed by atoms with Crippen LogP contribution in [-0.2, 0) is 0 Å². The molecule has 0 aliphatic carbocycles. The van der Waals surface area contributed by atoms with Gasteiger partial charge in [0, 0.05) is 33.7 Å². The van der Waals surface area contributed by atoms with Crippen LogP contribution in [0.3, 0.4) is 0 Å². The van der Waals surface area contributed by atoms with E-state index < -0.39 is 0 Å². The largest absolute Gasteiger partial charge is 0.256 e. The Labute approximate surface area is 218 Å². The number of hydrogen-bond acceptors (Lipinski definition) is 2. The van der Waals surface area contributed by atoms with Gasteiger partial charge in [-0.2, -0.15) is 5.10 Å². The summed E-state index contributed by atoms with van der Waals surface area (Å²) in [4.78, 5) is 4.78. The van der Waals surface area contributed by atoms with Crippen LogP contribution >= 0.6 is 0 Å². The molecule has 0 radical (unpaired) electrons. The van der Waals surface area contributed by atoms with E-state index in [2.05, 4.69) is 124 Å². The second-order valence-corrected chi connectivity index (χ2v) is 10.4. The maximum absolute atomic E-state index is 5.23. The van der Waals surface area contributed by atoms with E-state index in [0.717, 1.165) is 44.5 Å². The SMILES string of the molecule is Cc1ccc2c(c1)c(C)cc1c(C)c(C(=CC(C)C)c3cccc(-c4nccc5ccccc45)c3)nn12.